The lowest BCUT2D eigenvalue weighted by Crippen LogP contribution is -2.59. The monoisotopic (exact) mass is 278 g/mol. The largest absolute Gasteiger partial charge is 0.352 e. The first-order valence-corrected chi connectivity index (χ1v) is 7.29. The quantitative estimate of drug-likeness (QED) is 0.859. The average molecular weight is 278 g/mol. The lowest BCUT2D eigenvalue weighted by Gasteiger charge is -2.42. The zero-order valence-electron chi connectivity index (χ0n) is 12.3. The summed E-state index contributed by atoms with van der Waals surface area (Å²) in [6.07, 6.45) is 1.01. The van der Waals surface area contributed by atoms with Crippen LogP contribution in [0.5, 0.6) is 0 Å². The van der Waals surface area contributed by atoms with E-state index in [1.165, 1.54) is 0 Å². The van der Waals surface area contributed by atoms with Crippen molar-refractivity contribution in [1.82, 2.24) is 24.6 Å². The van der Waals surface area contributed by atoms with Crippen molar-refractivity contribution in [3.8, 4) is 0 Å². The Kier molecular flexibility index (Phi) is 3.37. The van der Waals surface area contributed by atoms with Gasteiger partial charge in [-0.3, -0.25) is 4.79 Å². The van der Waals surface area contributed by atoms with Crippen molar-refractivity contribution in [3.05, 3.63) is 5.82 Å². The smallest absolute Gasteiger partial charge is 0.293 e. The normalized spacial score (nSPS) is 22.9. The Bertz CT molecular complexity index is 507. The molecule has 1 amide bonds. The molecule has 1 saturated heterocycles. The van der Waals surface area contributed by atoms with Crippen molar-refractivity contribution in [2.75, 3.05) is 32.0 Å². The van der Waals surface area contributed by atoms with E-state index in [9.17, 15) is 4.79 Å². The minimum atomic E-state index is -0.0537. The number of anilines is 1. The van der Waals surface area contributed by atoms with Gasteiger partial charge in [0.1, 0.15) is 0 Å². The number of hydrogen-bond donors (Lipinski definition) is 1. The molecule has 1 aromatic heterocycles. The molecular weight excluding hydrogens is 256 g/mol. The maximum absolute atomic E-state index is 12.6. The highest BCUT2D eigenvalue weighted by molar-refractivity contribution is 5.91. The second-order valence-electron chi connectivity index (χ2n) is 5.78. The van der Waals surface area contributed by atoms with Crippen LogP contribution in [0.15, 0.2) is 0 Å². The topological polar surface area (TPSA) is 66.3 Å². The SMILES string of the molecule is CCN(C(=O)c1nc2n(n1)CCC(C)N2)C1CN(C)C1. The molecule has 1 aromatic rings. The second kappa shape index (κ2) is 5.05. The summed E-state index contributed by atoms with van der Waals surface area (Å²) in [5.74, 6) is 0.980. The summed E-state index contributed by atoms with van der Waals surface area (Å²) in [7, 11) is 2.06. The molecular formula is C13H22N6O. The average Bonchev–Trinajstić information content (AvgIpc) is 2.80. The molecule has 1 fully saturated rings. The predicted molar refractivity (Wildman–Crippen MR) is 75.7 cm³/mol. The van der Waals surface area contributed by atoms with Crippen LogP contribution in [0.25, 0.3) is 0 Å². The molecule has 1 unspecified atom stereocenters. The molecule has 3 heterocycles. The number of fused-ring (bicyclic) bond motifs is 1. The fourth-order valence-electron chi connectivity index (χ4n) is 2.86. The molecule has 7 nitrogen and oxygen atoms in total. The van der Waals surface area contributed by atoms with Crippen LogP contribution < -0.4 is 5.32 Å². The summed E-state index contributed by atoms with van der Waals surface area (Å²) in [6, 6.07) is 0.683. The summed E-state index contributed by atoms with van der Waals surface area (Å²) in [4.78, 5) is 21.0. The van der Waals surface area contributed by atoms with E-state index in [2.05, 4.69) is 34.3 Å². The van der Waals surface area contributed by atoms with Crippen LogP contribution >= 0.6 is 0 Å². The van der Waals surface area contributed by atoms with Crippen molar-refractivity contribution >= 4 is 11.9 Å². The van der Waals surface area contributed by atoms with E-state index in [-0.39, 0.29) is 5.91 Å². The van der Waals surface area contributed by atoms with Crippen molar-refractivity contribution in [2.45, 2.75) is 38.9 Å². The number of hydrogen-bond acceptors (Lipinski definition) is 5. The third kappa shape index (κ3) is 2.26. The molecule has 20 heavy (non-hydrogen) atoms. The van der Waals surface area contributed by atoms with Gasteiger partial charge in [-0.2, -0.15) is 4.98 Å². The molecule has 0 radical (unpaired) electrons. The van der Waals surface area contributed by atoms with E-state index in [0.717, 1.165) is 26.1 Å². The van der Waals surface area contributed by atoms with Gasteiger partial charge in [-0.15, -0.1) is 5.10 Å². The van der Waals surface area contributed by atoms with E-state index in [1.54, 1.807) is 4.68 Å². The van der Waals surface area contributed by atoms with Gasteiger partial charge in [0.05, 0.1) is 6.04 Å². The highest BCUT2D eigenvalue weighted by Gasteiger charge is 2.34. The van der Waals surface area contributed by atoms with Gasteiger partial charge in [-0.1, -0.05) is 0 Å². The summed E-state index contributed by atoms with van der Waals surface area (Å²) in [5, 5.41) is 7.62. The summed E-state index contributed by atoms with van der Waals surface area (Å²) >= 11 is 0. The number of likely N-dealkylation sites (tertiary alicyclic amines) is 1. The van der Waals surface area contributed by atoms with Crippen molar-refractivity contribution in [2.24, 2.45) is 0 Å². The van der Waals surface area contributed by atoms with Gasteiger partial charge in [0, 0.05) is 32.2 Å². The molecule has 0 bridgehead atoms. The van der Waals surface area contributed by atoms with Gasteiger partial charge in [0.2, 0.25) is 11.8 Å². The van der Waals surface area contributed by atoms with E-state index >= 15 is 0 Å². The lowest BCUT2D eigenvalue weighted by molar-refractivity contribution is 0.0374. The van der Waals surface area contributed by atoms with Crippen molar-refractivity contribution in [3.63, 3.8) is 0 Å². The van der Waals surface area contributed by atoms with Crippen LogP contribution in [0.2, 0.25) is 0 Å². The van der Waals surface area contributed by atoms with E-state index in [1.807, 2.05) is 11.8 Å². The Labute approximate surface area is 118 Å². The molecule has 0 aromatic carbocycles. The fraction of sp³-hybridized carbons (Fsp3) is 0.769. The Balaban J connectivity index is 1.76. The number of aromatic nitrogens is 3. The molecule has 0 spiro atoms. The zero-order valence-corrected chi connectivity index (χ0v) is 12.3. The van der Waals surface area contributed by atoms with Gasteiger partial charge in [0.15, 0.2) is 0 Å². The van der Waals surface area contributed by atoms with E-state index in [4.69, 9.17) is 0 Å². The molecule has 2 aliphatic rings. The third-order valence-corrected chi connectivity index (χ3v) is 4.10. The number of aryl methyl sites for hydroxylation is 1. The van der Waals surface area contributed by atoms with E-state index in [0.29, 0.717) is 30.4 Å². The maximum Gasteiger partial charge on any atom is 0.293 e. The molecule has 1 N–H and O–H groups in total. The van der Waals surface area contributed by atoms with Crippen LogP contribution in [-0.4, -0.2) is 69.2 Å². The Morgan fingerprint density at radius 3 is 2.90 bits per heavy atom. The third-order valence-electron chi connectivity index (χ3n) is 4.10. The molecule has 2 aliphatic heterocycles. The Morgan fingerprint density at radius 2 is 2.25 bits per heavy atom. The van der Waals surface area contributed by atoms with Gasteiger partial charge in [-0.25, -0.2) is 4.68 Å². The molecule has 3 rings (SSSR count). The molecule has 0 aliphatic carbocycles. The number of nitrogens with one attached hydrogen (secondary N) is 1. The Morgan fingerprint density at radius 1 is 1.50 bits per heavy atom. The maximum atomic E-state index is 12.6. The first-order chi connectivity index (χ1) is 9.58. The highest BCUT2D eigenvalue weighted by atomic mass is 16.2. The number of rotatable bonds is 3. The standard InChI is InChI=1S/C13H22N6O/c1-4-18(10-7-17(3)8-10)12(20)11-15-13-14-9(2)5-6-19(13)16-11/h9-10H,4-8H2,1-3H3,(H,14,15,16). The number of amides is 1. The predicted octanol–water partition coefficient (Wildman–Crippen LogP) is 0.258. The molecule has 1 atom stereocenters. The second-order valence-corrected chi connectivity index (χ2v) is 5.78. The number of nitrogens with zero attached hydrogens (tertiary/aromatic N) is 5. The minimum Gasteiger partial charge on any atom is -0.352 e. The van der Waals surface area contributed by atoms with Crippen LogP contribution in [0.4, 0.5) is 5.95 Å². The Hall–Kier alpha value is -1.63. The molecule has 0 saturated carbocycles. The van der Waals surface area contributed by atoms with Crippen molar-refractivity contribution in [1.29, 1.82) is 0 Å². The van der Waals surface area contributed by atoms with Gasteiger partial charge in [0.25, 0.3) is 5.91 Å². The number of likely N-dealkylation sites (N-methyl/N-ethyl adjacent to an activating group) is 2. The molecule has 110 valence electrons. The van der Waals surface area contributed by atoms with Gasteiger partial charge >= 0.3 is 0 Å². The van der Waals surface area contributed by atoms with E-state index < -0.39 is 0 Å². The summed E-state index contributed by atoms with van der Waals surface area (Å²) < 4.78 is 1.80. The number of carbonyl (C=O) groups is 1. The van der Waals surface area contributed by atoms with Crippen molar-refractivity contribution < 1.29 is 4.79 Å². The first-order valence-electron chi connectivity index (χ1n) is 7.29. The lowest BCUT2D eigenvalue weighted by atomic mass is 10.1. The zero-order chi connectivity index (χ0) is 14.3. The molecule has 7 heteroatoms. The first kappa shape index (κ1) is 13.4. The van der Waals surface area contributed by atoms with Crippen LogP contribution in [0, 0.1) is 0 Å². The summed E-state index contributed by atoms with van der Waals surface area (Å²) in [5.41, 5.74) is 0. The number of carbonyl (C=O) groups excluding carboxylic acids is 1. The van der Waals surface area contributed by atoms with Crippen LogP contribution in [0.3, 0.4) is 0 Å². The van der Waals surface area contributed by atoms with Crippen LogP contribution in [-0.2, 0) is 6.54 Å². The van der Waals surface area contributed by atoms with Crippen LogP contribution in [0.1, 0.15) is 30.9 Å². The minimum absolute atomic E-state index is 0.0537. The van der Waals surface area contributed by atoms with Gasteiger partial charge in [-0.05, 0) is 27.3 Å². The highest BCUT2D eigenvalue weighted by Crippen LogP contribution is 2.18. The van der Waals surface area contributed by atoms with Gasteiger partial charge < -0.3 is 15.1 Å². The summed E-state index contributed by atoms with van der Waals surface area (Å²) in [6.45, 7) is 7.51. The fourth-order valence-corrected chi connectivity index (χ4v) is 2.86.